The number of benzene rings is 2. The van der Waals surface area contributed by atoms with Gasteiger partial charge in [0, 0.05) is 16.1 Å². The molecule has 0 saturated carbocycles. The Morgan fingerprint density at radius 2 is 1.90 bits per heavy atom. The van der Waals surface area contributed by atoms with Crippen LogP contribution in [0.15, 0.2) is 39.3 Å². The van der Waals surface area contributed by atoms with Crippen molar-refractivity contribution in [3.05, 3.63) is 62.9 Å². The van der Waals surface area contributed by atoms with Gasteiger partial charge in [0.05, 0.1) is 0 Å². The third kappa shape index (κ3) is 5.34. The van der Waals surface area contributed by atoms with Crippen molar-refractivity contribution in [3.8, 4) is 17.1 Å². The van der Waals surface area contributed by atoms with E-state index in [0.29, 0.717) is 11.7 Å². The summed E-state index contributed by atoms with van der Waals surface area (Å²) in [7, 11) is 0. The Bertz CT molecular complexity index is 1090. The first-order valence-corrected chi connectivity index (χ1v) is 11.0. The molecule has 0 aliphatic heterocycles. The van der Waals surface area contributed by atoms with E-state index >= 15 is 0 Å². The fourth-order valence-electron chi connectivity index (χ4n) is 3.31. The second-order valence-electron chi connectivity index (χ2n) is 8.04. The summed E-state index contributed by atoms with van der Waals surface area (Å²) in [6.07, 6.45) is 0. The number of carbonyl (C=O) groups excluding carboxylic acids is 1. The van der Waals surface area contributed by atoms with Gasteiger partial charge in [-0.1, -0.05) is 44.8 Å². The minimum atomic E-state index is -0.136. The van der Waals surface area contributed by atoms with Gasteiger partial charge >= 0.3 is 0 Å². The lowest BCUT2D eigenvalue weighted by atomic mass is 10.1. The molecule has 0 aliphatic rings. The minimum Gasteiger partial charge on any atom is -0.483 e. The zero-order valence-electron chi connectivity index (χ0n) is 18.8. The molecule has 0 N–H and O–H groups in total. The normalized spacial score (nSPS) is 11.1. The first-order chi connectivity index (χ1) is 14.7. The average Bonchev–Trinajstić information content (AvgIpc) is 3.20. The molecule has 0 unspecified atom stereocenters. The molecule has 0 aliphatic carbocycles. The number of amides is 1. The van der Waals surface area contributed by atoms with Crippen LogP contribution in [0.2, 0.25) is 0 Å². The van der Waals surface area contributed by atoms with Gasteiger partial charge in [0.15, 0.2) is 6.61 Å². The first kappa shape index (κ1) is 23.0. The SMILES string of the molecule is Cc1cccc(-c2noc(CN(C(=O)COc3cc(C)c(Br)c(C)c3C)C(C)C)n2)c1. The monoisotopic (exact) mass is 485 g/mol. The molecule has 164 valence electrons. The molecule has 6 nitrogen and oxygen atoms in total. The number of hydrogen-bond acceptors (Lipinski definition) is 5. The molecule has 1 heterocycles. The molecule has 0 radical (unpaired) electrons. The van der Waals surface area contributed by atoms with Crippen LogP contribution in [0.3, 0.4) is 0 Å². The maximum atomic E-state index is 12.9. The van der Waals surface area contributed by atoms with Gasteiger partial charge in [0.2, 0.25) is 11.7 Å². The smallest absolute Gasteiger partial charge is 0.261 e. The number of nitrogens with zero attached hydrogens (tertiary/aromatic N) is 3. The topological polar surface area (TPSA) is 68.5 Å². The highest BCUT2D eigenvalue weighted by Crippen LogP contribution is 2.31. The molecule has 0 spiro atoms. The Morgan fingerprint density at radius 3 is 2.58 bits per heavy atom. The third-order valence-corrected chi connectivity index (χ3v) is 6.52. The molecular formula is C24H28BrN3O3. The van der Waals surface area contributed by atoms with Crippen molar-refractivity contribution < 1.29 is 14.1 Å². The van der Waals surface area contributed by atoms with Crippen LogP contribution in [0.25, 0.3) is 11.4 Å². The van der Waals surface area contributed by atoms with Crippen LogP contribution < -0.4 is 4.74 Å². The molecule has 0 atom stereocenters. The van der Waals surface area contributed by atoms with Gasteiger partial charge < -0.3 is 14.2 Å². The van der Waals surface area contributed by atoms with E-state index in [1.54, 1.807) is 4.90 Å². The summed E-state index contributed by atoms with van der Waals surface area (Å²) in [6, 6.07) is 9.81. The number of hydrogen-bond donors (Lipinski definition) is 0. The van der Waals surface area contributed by atoms with E-state index in [9.17, 15) is 4.79 Å². The summed E-state index contributed by atoms with van der Waals surface area (Å²) in [4.78, 5) is 19.1. The molecule has 1 aromatic heterocycles. The van der Waals surface area contributed by atoms with Crippen molar-refractivity contribution in [2.24, 2.45) is 0 Å². The molecule has 3 aromatic rings. The molecule has 31 heavy (non-hydrogen) atoms. The zero-order valence-corrected chi connectivity index (χ0v) is 20.4. The van der Waals surface area contributed by atoms with E-state index in [2.05, 4.69) is 26.1 Å². The number of aryl methyl sites for hydroxylation is 2. The number of ether oxygens (including phenoxy) is 1. The van der Waals surface area contributed by atoms with E-state index in [1.807, 2.05) is 71.9 Å². The van der Waals surface area contributed by atoms with E-state index in [1.165, 1.54) is 0 Å². The lowest BCUT2D eigenvalue weighted by molar-refractivity contribution is -0.136. The fourth-order valence-corrected chi connectivity index (χ4v) is 3.72. The predicted molar refractivity (Wildman–Crippen MR) is 124 cm³/mol. The van der Waals surface area contributed by atoms with Crippen molar-refractivity contribution in [2.45, 2.75) is 54.1 Å². The third-order valence-electron chi connectivity index (χ3n) is 5.30. The molecule has 1 amide bonds. The maximum absolute atomic E-state index is 12.9. The van der Waals surface area contributed by atoms with Crippen LogP contribution in [-0.2, 0) is 11.3 Å². The largest absolute Gasteiger partial charge is 0.483 e. The molecule has 7 heteroatoms. The van der Waals surface area contributed by atoms with Crippen LogP contribution in [-0.4, -0.2) is 33.6 Å². The highest BCUT2D eigenvalue weighted by atomic mass is 79.9. The molecule has 0 saturated heterocycles. The molecule has 2 aromatic carbocycles. The standard InChI is InChI=1S/C24H28BrN3O3/c1-14(2)28(12-21-26-24(27-31-21)19-9-7-8-15(3)10-19)22(29)13-30-20-11-16(4)23(25)18(6)17(20)5/h7-11,14H,12-13H2,1-6H3. The lowest BCUT2D eigenvalue weighted by Crippen LogP contribution is -2.39. The highest BCUT2D eigenvalue weighted by Gasteiger charge is 2.22. The Balaban J connectivity index is 1.71. The number of carbonyl (C=O) groups is 1. The Morgan fingerprint density at radius 1 is 1.16 bits per heavy atom. The van der Waals surface area contributed by atoms with Gasteiger partial charge in [-0.05, 0) is 70.4 Å². The van der Waals surface area contributed by atoms with Crippen LogP contribution >= 0.6 is 15.9 Å². The number of halogens is 1. The minimum absolute atomic E-state index is 0.0418. The van der Waals surface area contributed by atoms with Gasteiger partial charge in [-0.25, -0.2) is 0 Å². The van der Waals surface area contributed by atoms with Crippen molar-refractivity contribution in [3.63, 3.8) is 0 Å². The summed E-state index contributed by atoms with van der Waals surface area (Å²) >= 11 is 3.59. The quantitative estimate of drug-likeness (QED) is 0.438. The van der Waals surface area contributed by atoms with E-state index < -0.39 is 0 Å². The second-order valence-corrected chi connectivity index (χ2v) is 8.83. The number of rotatable bonds is 7. The zero-order chi connectivity index (χ0) is 22.7. The van der Waals surface area contributed by atoms with Crippen molar-refractivity contribution in [1.82, 2.24) is 15.0 Å². The van der Waals surface area contributed by atoms with Gasteiger partial charge in [-0.2, -0.15) is 4.98 Å². The van der Waals surface area contributed by atoms with Crippen molar-refractivity contribution in [1.29, 1.82) is 0 Å². The first-order valence-electron chi connectivity index (χ1n) is 10.3. The maximum Gasteiger partial charge on any atom is 0.261 e. The lowest BCUT2D eigenvalue weighted by Gasteiger charge is -2.25. The Labute approximate surface area is 191 Å². The summed E-state index contributed by atoms with van der Waals surface area (Å²) in [6.45, 7) is 12.1. The van der Waals surface area contributed by atoms with Gasteiger partial charge in [0.1, 0.15) is 12.3 Å². The van der Waals surface area contributed by atoms with E-state index in [-0.39, 0.29) is 25.1 Å². The van der Waals surface area contributed by atoms with Gasteiger partial charge in [-0.15, -0.1) is 0 Å². The fraction of sp³-hybridized carbons (Fsp3) is 0.375. The second kappa shape index (κ2) is 9.64. The van der Waals surface area contributed by atoms with Crippen LogP contribution in [0.1, 0.15) is 42.0 Å². The summed E-state index contributed by atoms with van der Waals surface area (Å²) in [5, 5.41) is 4.07. The van der Waals surface area contributed by atoms with Crippen molar-refractivity contribution >= 4 is 21.8 Å². The Kier molecular flexibility index (Phi) is 7.15. The predicted octanol–water partition coefficient (Wildman–Crippen LogP) is 5.55. The van der Waals surface area contributed by atoms with E-state index in [0.717, 1.165) is 38.0 Å². The van der Waals surface area contributed by atoms with E-state index in [4.69, 9.17) is 9.26 Å². The Hall–Kier alpha value is -2.67. The molecular weight excluding hydrogens is 458 g/mol. The summed E-state index contributed by atoms with van der Waals surface area (Å²) < 4.78 is 12.4. The van der Waals surface area contributed by atoms with Gasteiger partial charge in [0.25, 0.3) is 5.91 Å². The van der Waals surface area contributed by atoms with Crippen LogP contribution in [0.5, 0.6) is 5.75 Å². The molecule has 0 bridgehead atoms. The highest BCUT2D eigenvalue weighted by molar-refractivity contribution is 9.10. The summed E-state index contributed by atoms with van der Waals surface area (Å²) in [5.41, 5.74) is 5.20. The molecule has 0 fully saturated rings. The molecule has 3 rings (SSSR count). The number of aromatic nitrogens is 2. The van der Waals surface area contributed by atoms with Crippen LogP contribution in [0, 0.1) is 27.7 Å². The van der Waals surface area contributed by atoms with Crippen LogP contribution in [0.4, 0.5) is 0 Å². The summed E-state index contributed by atoms with van der Waals surface area (Å²) in [5.74, 6) is 1.49. The van der Waals surface area contributed by atoms with Gasteiger partial charge in [-0.3, -0.25) is 4.79 Å². The average molecular weight is 486 g/mol. The van der Waals surface area contributed by atoms with Crippen molar-refractivity contribution in [2.75, 3.05) is 6.61 Å².